The molecule has 0 amide bonds. The van der Waals surface area contributed by atoms with Crippen molar-refractivity contribution in [1.29, 1.82) is 5.26 Å². The first-order chi connectivity index (χ1) is 19.1. The molecule has 0 bridgehead atoms. The van der Waals surface area contributed by atoms with Crippen molar-refractivity contribution < 1.29 is 17.5 Å². The van der Waals surface area contributed by atoms with Crippen LogP contribution in [0.15, 0.2) is 35.4 Å². The highest BCUT2D eigenvalue weighted by Gasteiger charge is 2.40. The first kappa shape index (κ1) is 28.1. The Balaban J connectivity index is 1.51. The summed E-state index contributed by atoms with van der Waals surface area (Å²) in [7, 11) is 3.77. The van der Waals surface area contributed by atoms with Gasteiger partial charge >= 0.3 is 10.2 Å². The zero-order valence-corrected chi connectivity index (χ0v) is 23.2. The number of hydrogen-bond donors (Lipinski definition) is 2. The van der Waals surface area contributed by atoms with Gasteiger partial charge in [-0.2, -0.15) is 18.0 Å². The quantitative estimate of drug-likeness (QED) is 0.422. The van der Waals surface area contributed by atoms with Gasteiger partial charge < -0.3 is 10.1 Å². The second-order valence-electron chi connectivity index (χ2n) is 10.5. The Bertz CT molecular complexity index is 1670. The molecule has 13 heteroatoms. The molecular weight excluding hydrogens is 534 g/mol. The molecule has 2 heterocycles. The van der Waals surface area contributed by atoms with Crippen molar-refractivity contribution in [1.82, 2.24) is 19.2 Å². The highest BCUT2D eigenvalue weighted by molar-refractivity contribution is 7.90. The Hall–Kier alpha value is -3.47. The Kier molecular flexibility index (Phi) is 7.61. The number of anilines is 1. The van der Waals surface area contributed by atoms with Gasteiger partial charge in [0.25, 0.3) is 5.56 Å². The zero-order valence-electron chi connectivity index (χ0n) is 22.4. The lowest BCUT2D eigenvalue weighted by atomic mass is 9.77. The van der Waals surface area contributed by atoms with Crippen LogP contribution in [0, 0.1) is 22.6 Å². The predicted octanol–water partition coefficient (Wildman–Crippen LogP) is 2.70. The van der Waals surface area contributed by atoms with E-state index in [-0.39, 0.29) is 51.4 Å². The second-order valence-corrected chi connectivity index (χ2v) is 12.3. The van der Waals surface area contributed by atoms with E-state index in [2.05, 4.69) is 15.0 Å². The van der Waals surface area contributed by atoms with E-state index < -0.39 is 21.8 Å². The standard InChI is InChI=1S/C27H30BFN6O4S/c1-3-34(2)40(37,38)33-20-5-4-19(29)25(18(20)15-30)39-22-7-6-21-23(24(22)28)26(36)35(16-32-21)17-8-9-27(14-17)10-12-31-13-11-27/h4-7,16-17,31,33H,3,8-14H2,1-2H3. The van der Waals surface area contributed by atoms with Crippen molar-refractivity contribution in [2.75, 3.05) is 31.4 Å². The van der Waals surface area contributed by atoms with Crippen LogP contribution >= 0.6 is 0 Å². The van der Waals surface area contributed by atoms with Crippen molar-refractivity contribution in [3.05, 3.63) is 52.3 Å². The molecule has 40 heavy (non-hydrogen) atoms. The summed E-state index contributed by atoms with van der Waals surface area (Å²) < 4.78 is 50.7. The molecule has 1 spiro atoms. The summed E-state index contributed by atoms with van der Waals surface area (Å²) in [6.07, 6.45) is 6.53. The van der Waals surface area contributed by atoms with Crippen LogP contribution in [0.25, 0.3) is 10.9 Å². The van der Waals surface area contributed by atoms with E-state index in [1.165, 1.54) is 13.1 Å². The van der Waals surface area contributed by atoms with Gasteiger partial charge in [0.1, 0.15) is 25.2 Å². The zero-order chi connectivity index (χ0) is 28.7. The molecule has 1 atom stereocenters. The number of rotatable bonds is 7. The fourth-order valence-electron chi connectivity index (χ4n) is 5.75. The average molecular weight is 564 g/mol. The molecule has 10 nitrogen and oxygen atoms in total. The Morgan fingerprint density at radius 1 is 1.30 bits per heavy atom. The Morgan fingerprint density at radius 3 is 2.75 bits per heavy atom. The smallest absolute Gasteiger partial charge is 0.301 e. The van der Waals surface area contributed by atoms with E-state index >= 15 is 0 Å². The third-order valence-corrected chi connectivity index (χ3v) is 9.77. The van der Waals surface area contributed by atoms with Crippen molar-refractivity contribution in [2.45, 2.75) is 45.1 Å². The molecule has 1 saturated carbocycles. The summed E-state index contributed by atoms with van der Waals surface area (Å²) in [5.41, 5.74) is -0.284. The molecule has 1 unspecified atom stereocenters. The lowest BCUT2D eigenvalue weighted by Crippen LogP contribution is -2.35. The fraction of sp³-hybridized carbons (Fsp3) is 0.444. The maximum atomic E-state index is 14.9. The monoisotopic (exact) mass is 564 g/mol. The van der Waals surface area contributed by atoms with Gasteiger partial charge in [0.2, 0.25) is 0 Å². The maximum Gasteiger partial charge on any atom is 0.301 e. The number of nitrogens with zero attached hydrogens (tertiary/aromatic N) is 4. The van der Waals surface area contributed by atoms with Crippen LogP contribution in [-0.4, -0.2) is 56.8 Å². The largest absolute Gasteiger partial charge is 0.453 e. The summed E-state index contributed by atoms with van der Waals surface area (Å²) in [4.78, 5) is 18.1. The van der Waals surface area contributed by atoms with Gasteiger partial charge in [0.05, 0.1) is 22.9 Å². The van der Waals surface area contributed by atoms with E-state index in [4.69, 9.17) is 12.6 Å². The van der Waals surface area contributed by atoms with Crippen molar-refractivity contribution >= 4 is 40.1 Å². The maximum absolute atomic E-state index is 14.9. The van der Waals surface area contributed by atoms with E-state index in [9.17, 15) is 22.9 Å². The van der Waals surface area contributed by atoms with Gasteiger partial charge in [-0.05, 0) is 80.3 Å². The SMILES string of the molecule is [B]c1c(Oc2c(F)ccc(NS(=O)(=O)N(C)CC)c2C#N)ccc2ncn(C3CCC4(CCNCC4)C3)c(=O)c12. The van der Waals surface area contributed by atoms with Gasteiger partial charge in [-0.1, -0.05) is 6.92 Å². The number of benzene rings is 2. The molecule has 2 radical (unpaired) electrons. The van der Waals surface area contributed by atoms with Crippen LogP contribution in [0.4, 0.5) is 10.1 Å². The number of nitrogens with one attached hydrogen (secondary N) is 2. The molecule has 2 fully saturated rings. The molecule has 1 aromatic heterocycles. The van der Waals surface area contributed by atoms with E-state index in [1.54, 1.807) is 23.9 Å². The number of nitriles is 1. The molecule has 2 aliphatic rings. The topological polar surface area (TPSA) is 129 Å². The van der Waals surface area contributed by atoms with Crippen LogP contribution in [0.5, 0.6) is 11.5 Å². The number of ether oxygens (including phenoxy) is 1. The summed E-state index contributed by atoms with van der Waals surface area (Å²) in [6.45, 7) is 3.78. The summed E-state index contributed by atoms with van der Waals surface area (Å²) in [5.74, 6) is -1.46. The molecule has 5 rings (SSSR count). The van der Waals surface area contributed by atoms with Crippen LogP contribution in [0.1, 0.15) is 50.6 Å². The first-order valence-corrected chi connectivity index (χ1v) is 14.7. The van der Waals surface area contributed by atoms with Crippen molar-refractivity contribution in [3.63, 3.8) is 0 Å². The third kappa shape index (κ3) is 5.07. The molecule has 1 aliphatic carbocycles. The van der Waals surface area contributed by atoms with Crippen molar-refractivity contribution in [2.24, 2.45) is 5.41 Å². The molecule has 1 aliphatic heterocycles. The number of fused-ring (bicyclic) bond motifs is 1. The molecule has 2 N–H and O–H groups in total. The third-order valence-electron chi connectivity index (χ3n) is 8.22. The predicted molar refractivity (Wildman–Crippen MR) is 151 cm³/mol. The lowest BCUT2D eigenvalue weighted by molar-refractivity contribution is 0.201. The van der Waals surface area contributed by atoms with Crippen molar-refractivity contribution in [3.8, 4) is 17.6 Å². The minimum atomic E-state index is -3.99. The van der Waals surface area contributed by atoms with E-state index in [0.717, 1.165) is 61.6 Å². The number of piperidine rings is 1. The van der Waals surface area contributed by atoms with Crippen LogP contribution in [-0.2, 0) is 10.2 Å². The first-order valence-electron chi connectivity index (χ1n) is 13.2. The van der Waals surface area contributed by atoms with Gasteiger partial charge in [-0.15, -0.1) is 0 Å². The van der Waals surface area contributed by atoms with Gasteiger partial charge in [-0.3, -0.25) is 14.1 Å². The molecule has 208 valence electrons. The molecular formula is C27H30BFN6O4S. The van der Waals surface area contributed by atoms with Gasteiger partial charge in [0, 0.05) is 19.6 Å². The normalized spacial score (nSPS) is 18.7. The summed E-state index contributed by atoms with van der Waals surface area (Å²) >= 11 is 0. The van der Waals surface area contributed by atoms with Gasteiger partial charge in [-0.25, -0.2) is 9.37 Å². The molecule has 1 saturated heterocycles. The van der Waals surface area contributed by atoms with E-state index in [0.29, 0.717) is 5.52 Å². The fourth-order valence-corrected chi connectivity index (χ4v) is 6.70. The Labute approximate surface area is 233 Å². The minimum absolute atomic E-state index is 0.0000624. The summed E-state index contributed by atoms with van der Waals surface area (Å²) in [6, 6.07) is 6.93. The number of hydrogen-bond acceptors (Lipinski definition) is 7. The highest BCUT2D eigenvalue weighted by atomic mass is 32.2. The number of halogens is 1. The molecule has 2 aromatic carbocycles. The van der Waals surface area contributed by atoms with E-state index in [1.807, 2.05) is 6.07 Å². The van der Waals surface area contributed by atoms with Crippen LogP contribution in [0.2, 0.25) is 0 Å². The minimum Gasteiger partial charge on any atom is -0.453 e. The average Bonchev–Trinajstić information content (AvgIpc) is 3.34. The highest BCUT2D eigenvalue weighted by Crippen LogP contribution is 2.49. The lowest BCUT2D eigenvalue weighted by Gasteiger charge is -2.34. The Morgan fingerprint density at radius 2 is 2.05 bits per heavy atom. The van der Waals surface area contributed by atoms with Gasteiger partial charge in [0.15, 0.2) is 11.6 Å². The molecule has 3 aromatic rings. The number of aromatic nitrogens is 2. The second kappa shape index (κ2) is 10.8. The summed E-state index contributed by atoms with van der Waals surface area (Å²) in [5, 5.41) is 13.3. The van der Waals surface area contributed by atoms with Crippen LogP contribution in [0.3, 0.4) is 0 Å². The van der Waals surface area contributed by atoms with Crippen LogP contribution < -0.4 is 25.8 Å².